The fraction of sp³-hybridized carbons (Fsp3) is 0.393. The average molecular weight is 545 g/mol. The molecule has 2 aromatic carbocycles. The van der Waals surface area contributed by atoms with Gasteiger partial charge >= 0.3 is 6.18 Å². The van der Waals surface area contributed by atoms with Crippen LogP contribution in [0.25, 0.3) is 0 Å². The van der Waals surface area contributed by atoms with Crippen LogP contribution in [-0.4, -0.2) is 52.6 Å². The molecule has 3 aromatic rings. The Bertz CT molecular complexity index is 1250. The third-order valence-electron chi connectivity index (χ3n) is 6.53. The highest BCUT2D eigenvalue weighted by atomic mass is 19.4. The van der Waals surface area contributed by atoms with Gasteiger partial charge in [-0.05, 0) is 86.8 Å². The molecule has 1 aromatic heterocycles. The third-order valence-corrected chi connectivity index (χ3v) is 6.53. The van der Waals surface area contributed by atoms with Gasteiger partial charge < -0.3 is 20.9 Å². The van der Waals surface area contributed by atoms with Crippen molar-refractivity contribution in [2.24, 2.45) is 0 Å². The van der Waals surface area contributed by atoms with Crippen LogP contribution in [-0.2, 0) is 6.54 Å². The highest BCUT2D eigenvalue weighted by Crippen LogP contribution is 2.22. The second kappa shape index (κ2) is 12.9. The maximum atomic E-state index is 13.5. The third kappa shape index (κ3) is 8.91. The molecule has 0 saturated carbocycles. The molecule has 4 rings (SSSR count). The summed E-state index contributed by atoms with van der Waals surface area (Å²) in [6, 6.07) is 13.5. The van der Waals surface area contributed by atoms with Crippen molar-refractivity contribution in [1.82, 2.24) is 20.2 Å². The summed E-state index contributed by atoms with van der Waals surface area (Å²) in [5.41, 5.74) is 2.70. The molecule has 1 aliphatic heterocycles. The van der Waals surface area contributed by atoms with Gasteiger partial charge in [-0.25, -0.2) is 9.37 Å². The van der Waals surface area contributed by atoms with E-state index >= 15 is 0 Å². The summed E-state index contributed by atoms with van der Waals surface area (Å²) >= 11 is 0. The van der Waals surface area contributed by atoms with Crippen molar-refractivity contribution in [3.05, 3.63) is 77.2 Å². The zero-order valence-electron chi connectivity index (χ0n) is 21.7. The minimum Gasteiger partial charge on any atom is -0.350 e. The fourth-order valence-corrected chi connectivity index (χ4v) is 4.49. The van der Waals surface area contributed by atoms with Crippen LogP contribution in [0.2, 0.25) is 0 Å². The van der Waals surface area contributed by atoms with Gasteiger partial charge in [0.05, 0.1) is 0 Å². The van der Waals surface area contributed by atoms with Crippen molar-refractivity contribution in [3.63, 3.8) is 0 Å². The number of likely N-dealkylation sites (tertiary alicyclic amines) is 1. The molecular weight excluding hydrogens is 512 g/mol. The van der Waals surface area contributed by atoms with Gasteiger partial charge in [-0.3, -0.25) is 4.79 Å². The summed E-state index contributed by atoms with van der Waals surface area (Å²) in [5.74, 6) is 0.507. The lowest BCUT2D eigenvalue weighted by atomic mass is 10.0. The second-order valence-electron chi connectivity index (χ2n) is 9.74. The van der Waals surface area contributed by atoms with Gasteiger partial charge in [0.1, 0.15) is 11.6 Å². The van der Waals surface area contributed by atoms with Crippen LogP contribution < -0.4 is 16.0 Å². The molecule has 1 unspecified atom stereocenters. The first-order valence-electron chi connectivity index (χ1n) is 12.9. The number of rotatable bonds is 10. The fourth-order valence-electron chi connectivity index (χ4n) is 4.49. The quantitative estimate of drug-likeness (QED) is 0.279. The molecule has 0 radical (unpaired) electrons. The summed E-state index contributed by atoms with van der Waals surface area (Å²) in [7, 11) is 0. The second-order valence-corrected chi connectivity index (χ2v) is 9.74. The van der Waals surface area contributed by atoms with E-state index in [1.165, 1.54) is 6.07 Å². The lowest BCUT2D eigenvalue weighted by Crippen LogP contribution is -2.48. The Morgan fingerprint density at radius 3 is 2.67 bits per heavy atom. The van der Waals surface area contributed by atoms with E-state index in [0.717, 1.165) is 30.6 Å². The van der Waals surface area contributed by atoms with Crippen LogP contribution in [0.4, 0.5) is 35.0 Å². The first-order valence-corrected chi connectivity index (χ1v) is 12.9. The van der Waals surface area contributed by atoms with Gasteiger partial charge in [0.25, 0.3) is 5.91 Å². The number of amides is 1. The van der Waals surface area contributed by atoms with E-state index in [1.807, 2.05) is 17.0 Å². The van der Waals surface area contributed by atoms with Gasteiger partial charge in [0.15, 0.2) is 0 Å². The average Bonchev–Trinajstić information content (AvgIpc) is 2.90. The molecule has 11 heteroatoms. The number of benzene rings is 2. The van der Waals surface area contributed by atoms with E-state index in [1.54, 1.807) is 43.5 Å². The standard InChI is InChI=1S/C28H32F4N6O/c1-19-16-22(9-10-24(19)29)35-25-11-13-33-27(37-25)34-17-20-5-7-21(8-6-20)26(39)36-23-4-2-14-38(18-23)15-3-12-28(30,31)32/h5-11,13,16,23H,2-4,12,14-15,17-18H2,1H3,(H,36,39)(H2,33,34,35,37). The van der Waals surface area contributed by atoms with E-state index in [-0.39, 0.29) is 24.2 Å². The number of piperidine rings is 1. The maximum absolute atomic E-state index is 13.5. The lowest BCUT2D eigenvalue weighted by Gasteiger charge is -2.33. The maximum Gasteiger partial charge on any atom is 0.389 e. The Hall–Kier alpha value is -3.73. The molecule has 208 valence electrons. The Labute approximate surface area is 225 Å². The highest BCUT2D eigenvalue weighted by Gasteiger charge is 2.27. The van der Waals surface area contributed by atoms with Crippen molar-refractivity contribution >= 4 is 23.4 Å². The van der Waals surface area contributed by atoms with Crippen molar-refractivity contribution in [2.75, 3.05) is 30.3 Å². The Balaban J connectivity index is 1.25. The molecule has 3 N–H and O–H groups in total. The molecule has 39 heavy (non-hydrogen) atoms. The van der Waals surface area contributed by atoms with Gasteiger partial charge in [-0.1, -0.05) is 12.1 Å². The molecule has 7 nitrogen and oxygen atoms in total. The topological polar surface area (TPSA) is 82.2 Å². The number of hydrogen-bond acceptors (Lipinski definition) is 6. The van der Waals surface area contributed by atoms with Crippen LogP contribution in [0.3, 0.4) is 0 Å². The van der Waals surface area contributed by atoms with Gasteiger partial charge in [0, 0.05) is 43.0 Å². The predicted molar refractivity (Wildman–Crippen MR) is 142 cm³/mol. The summed E-state index contributed by atoms with van der Waals surface area (Å²) in [5, 5.41) is 9.30. The molecule has 2 heterocycles. The van der Waals surface area contributed by atoms with Crippen molar-refractivity contribution in [2.45, 2.75) is 51.4 Å². The molecule has 1 amide bonds. The minimum atomic E-state index is -4.14. The SMILES string of the molecule is Cc1cc(Nc2ccnc(NCc3ccc(C(=O)NC4CCCN(CCCC(F)(F)F)C4)cc3)n2)ccc1F. The van der Waals surface area contributed by atoms with E-state index in [4.69, 9.17) is 0 Å². The first kappa shape index (κ1) is 28.3. The van der Waals surface area contributed by atoms with Crippen molar-refractivity contribution in [3.8, 4) is 0 Å². The van der Waals surface area contributed by atoms with Crippen LogP contribution >= 0.6 is 0 Å². The molecule has 0 spiro atoms. The molecule has 1 saturated heterocycles. The summed E-state index contributed by atoms with van der Waals surface area (Å²) < 4.78 is 50.8. The van der Waals surface area contributed by atoms with Crippen LogP contribution in [0, 0.1) is 12.7 Å². The molecule has 1 fully saturated rings. The Morgan fingerprint density at radius 1 is 1.13 bits per heavy atom. The number of nitrogens with zero attached hydrogens (tertiary/aromatic N) is 3. The number of carbonyl (C=O) groups excluding carboxylic acids is 1. The van der Waals surface area contributed by atoms with Gasteiger partial charge in [-0.2, -0.15) is 18.2 Å². The smallest absolute Gasteiger partial charge is 0.350 e. The van der Waals surface area contributed by atoms with Crippen LogP contribution in [0.5, 0.6) is 0 Å². The van der Waals surface area contributed by atoms with E-state index < -0.39 is 12.6 Å². The largest absolute Gasteiger partial charge is 0.389 e. The Kier molecular flexibility index (Phi) is 9.34. The predicted octanol–water partition coefficient (Wildman–Crippen LogP) is 5.82. The summed E-state index contributed by atoms with van der Waals surface area (Å²) in [6.07, 6.45) is -1.60. The normalized spacial score (nSPS) is 16.1. The molecule has 0 aliphatic carbocycles. The number of alkyl halides is 3. The summed E-state index contributed by atoms with van der Waals surface area (Å²) in [6.45, 7) is 3.82. The number of anilines is 3. The van der Waals surface area contributed by atoms with Gasteiger partial charge in [-0.15, -0.1) is 0 Å². The van der Waals surface area contributed by atoms with Crippen LogP contribution in [0.1, 0.15) is 47.2 Å². The molecule has 1 aliphatic rings. The number of nitrogens with one attached hydrogen (secondary N) is 3. The molecule has 0 bridgehead atoms. The lowest BCUT2D eigenvalue weighted by molar-refractivity contribution is -0.136. The minimum absolute atomic E-state index is 0.0689. The number of hydrogen-bond donors (Lipinski definition) is 3. The number of aryl methyl sites for hydroxylation is 1. The highest BCUT2D eigenvalue weighted by molar-refractivity contribution is 5.94. The number of halogens is 4. The van der Waals surface area contributed by atoms with Gasteiger partial charge in [0.2, 0.25) is 5.95 Å². The van der Waals surface area contributed by atoms with E-state index in [9.17, 15) is 22.4 Å². The zero-order valence-corrected chi connectivity index (χ0v) is 21.7. The number of carbonyl (C=O) groups is 1. The number of aromatic nitrogens is 2. The van der Waals surface area contributed by atoms with Crippen LogP contribution in [0.15, 0.2) is 54.7 Å². The Morgan fingerprint density at radius 2 is 1.92 bits per heavy atom. The van der Waals surface area contributed by atoms with E-state index in [2.05, 4.69) is 25.9 Å². The monoisotopic (exact) mass is 544 g/mol. The first-order chi connectivity index (χ1) is 18.6. The summed E-state index contributed by atoms with van der Waals surface area (Å²) in [4.78, 5) is 23.4. The molecule has 1 atom stereocenters. The molecular formula is C28H32F4N6O. The zero-order chi connectivity index (χ0) is 27.8. The van der Waals surface area contributed by atoms with Crippen molar-refractivity contribution < 1.29 is 22.4 Å². The van der Waals surface area contributed by atoms with E-state index in [0.29, 0.717) is 42.5 Å². The van der Waals surface area contributed by atoms with Crippen molar-refractivity contribution in [1.29, 1.82) is 0 Å².